The molecule has 1 atom stereocenters. The lowest BCUT2D eigenvalue weighted by Gasteiger charge is -2.18. The van der Waals surface area contributed by atoms with Crippen LogP contribution in [0.2, 0.25) is 0 Å². The van der Waals surface area contributed by atoms with Crippen LogP contribution in [0.5, 0.6) is 0 Å². The average molecular weight is 891 g/mol. The Balaban J connectivity index is 4.34. The van der Waals surface area contributed by atoms with E-state index in [0.717, 1.165) is 96.3 Å². The molecule has 368 valence electrons. The number of unbranched alkanes of at least 4 members (excludes halogenated alkanes) is 24. The number of esters is 2. The summed E-state index contributed by atoms with van der Waals surface area (Å²) in [5.41, 5.74) is 0. The van der Waals surface area contributed by atoms with Gasteiger partial charge in [0.05, 0.1) is 6.61 Å². The summed E-state index contributed by atoms with van der Waals surface area (Å²) in [7, 11) is 0. The lowest BCUT2D eigenvalue weighted by atomic mass is 10.1. The second-order valence-corrected chi connectivity index (χ2v) is 17.7. The van der Waals surface area contributed by atoms with Crippen LogP contribution < -0.4 is 0 Å². The van der Waals surface area contributed by atoms with Gasteiger partial charge < -0.3 is 14.2 Å². The van der Waals surface area contributed by atoms with E-state index in [-0.39, 0.29) is 25.2 Å². The van der Waals surface area contributed by atoms with E-state index in [0.29, 0.717) is 19.4 Å². The molecule has 0 saturated heterocycles. The molecule has 0 saturated carbocycles. The lowest BCUT2D eigenvalue weighted by molar-refractivity contribution is -0.163. The van der Waals surface area contributed by atoms with Gasteiger partial charge in [0.25, 0.3) is 0 Å². The van der Waals surface area contributed by atoms with Gasteiger partial charge >= 0.3 is 11.9 Å². The molecule has 0 fully saturated rings. The zero-order valence-electron chi connectivity index (χ0n) is 42.3. The molecule has 0 radical (unpaired) electrons. The highest BCUT2D eigenvalue weighted by Gasteiger charge is 2.17. The van der Waals surface area contributed by atoms with Crippen LogP contribution in [0.3, 0.4) is 0 Å². The molecule has 0 amide bonds. The van der Waals surface area contributed by atoms with Gasteiger partial charge in [-0.25, -0.2) is 0 Å². The Bertz CT molecular complexity index is 1190. The molecule has 0 bridgehead atoms. The van der Waals surface area contributed by atoms with Crippen LogP contribution in [0, 0.1) is 0 Å². The number of carbonyl (C=O) groups is 2. The summed E-state index contributed by atoms with van der Waals surface area (Å²) < 4.78 is 17.4. The molecule has 1 unspecified atom stereocenters. The molecule has 0 spiro atoms. The van der Waals surface area contributed by atoms with Crippen molar-refractivity contribution in [1.29, 1.82) is 0 Å². The standard InChI is InChI=1S/C59H102O5/c1-4-7-10-13-16-19-22-25-27-29-30-31-32-35-37-40-43-46-49-52-58(60)63-56-57(64-59(61)53-50-47-44-41-38-34-24-21-18-15-12-9-6-3)55-62-54-51-48-45-42-39-36-33-28-26-23-20-17-14-11-8-5-2/h7,10,16,19,21,24-28,30-31,35,37,57H,4-6,8-9,11-15,17-18,20,22-23,29,32-34,36,38-56H2,1-3H3/b10-7-,19-16-,24-21-,27-25-,28-26-,31-30-,37-35-. The molecule has 0 aliphatic rings. The fourth-order valence-electron chi connectivity index (χ4n) is 7.35. The van der Waals surface area contributed by atoms with E-state index in [9.17, 15) is 9.59 Å². The maximum absolute atomic E-state index is 12.8. The van der Waals surface area contributed by atoms with Gasteiger partial charge in [-0.1, -0.05) is 209 Å². The maximum Gasteiger partial charge on any atom is 0.306 e. The van der Waals surface area contributed by atoms with Crippen molar-refractivity contribution in [1.82, 2.24) is 0 Å². The summed E-state index contributed by atoms with van der Waals surface area (Å²) in [5, 5.41) is 0. The van der Waals surface area contributed by atoms with E-state index in [1.54, 1.807) is 0 Å². The van der Waals surface area contributed by atoms with Gasteiger partial charge in [0.2, 0.25) is 0 Å². The van der Waals surface area contributed by atoms with Crippen LogP contribution in [-0.4, -0.2) is 37.9 Å². The summed E-state index contributed by atoms with van der Waals surface area (Å²) in [6.45, 7) is 7.65. The van der Waals surface area contributed by atoms with Crippen molar-refractivity contribution >= 4 is 11.9 Å². The van der Waals surface area contributed by atoms with Gasteiger partial charge in [0.15, 0.2) is 6.10 Å². The highest BCUT2D eigenvalue weighted by atomic mass is 16.6. The first kappa shape index (κ1) is 61.1. The molecule has 0 aromatic heterocycles. The number of hydrogen-bond donors (Lipinski definition) is 0. The predicted octanol–water partition coefficient (Wildman–Crippen LogP) is 18.5. The molecule has 0 aliphatic carbocycles. The molecule has 64 heavy (non-hydrogen) atoms. The van der Waals surface area contributed by atoms with Crippen molar-refractivity contribution in [3.8, 4) is 0 Å². The summed E-state index contributed by atoms with van der Waals surface area (Å²) >= 11 is 0. The largest absolute Gasteiger partial charge is 0.462 e. The summed E-state index contributed by atoms with van der Waals surface area (Å²) in [6, 6.07) is 0. The monoisotopic (exact) mass is 891 g/mol. The molecule has 5 nitrogen and oxygen atoms in total. The maximum atomic E-state index is 12.8. The number of carbonyl (C=O) groups excluding carboxylic acids is 2. The van der Waals surface area contributed by atoms with E-state index >= 15 is 0 Å². The van der Waals surface area contributed by atoms with Crippen LogP contribution in [0.25, 0.3) is 0 Å². The van der Waals surface area contributed by atoms with Crippen molar-refractivity contribution in [2.45, 2.75) is 258 Å². The molecular weight excluding hydrogens is 789 g/mol. The molecule has 0 aromatic carbocycles. The lowest BCUT2D eigenvalue weighted by Crippen LogP contribution is -2.30. The minimum Gasteiger partial charge on any atom is -0.462 e. The van der Waals surface area contributed by atoms with Crippen molar-refractivity contribution in [3.05, 3.63) is 85.1 Å². The first-order valence-electron chi connectivity index (χ1n) is 27.1. The van der Waals surface area contributed by atoms with E-state index in [4.69, 9.17) is 14.2 Å². The Hall–Kier alpha value is -2.92. The molecule has 0 heterocycles. The number of rotatable bonds is 49. The fourth-order valence-corrected chi connectivity index (χ4v) is 7.35. The minimum atomic E-state index is -0.561. The normalized spacial score (nSPS) is 12.9. The van der Waals surface area contributed by atoms with E-state index < -0.39 is 6.10 Å². The van der Waals surface area contributed by atoms with Gasteiger partial charge in [-0.3, -0.25) is 9.59 Å². The third kappa shape index (κ3) is 51.7. The second kappa shape index (κ2) is 54.4. The SMILES string of the molecule is CC/C=C\C/C=C\C/C=C\C/C=C\C/C=C\CCCCCC(=O)OCC(COCCCCCCCC/C=C\CCCCCCCC)OC(=O)CCCCCCC/C=C\CCCCCC. The Morgan fingerprint density at radius 1 is 0.359 bits per heavy atom. The molecule has 0 rings (SSSR count). The average Bonchev–Trinajstić information content (AvgIpc) is 3.30. The summed E-state index contributed by atoms with van der Waals surface area (Å²) in [5.74, 6) is -0.446. The van der Waals surface area contributed by atoms with Crippen LogP contribution in [-0.2, 0) is 23.8 Å². The summed E-state index contributed by atoms with van der Waals surface area (Å²) in [6.07, 6.45) is 71.6. The number of hydrogen-bond acceptors (Lipinski definition) is 5. The van der Waals surface area contributed by atoms with E-state index in [1.807, 2.05) is 0 Å². The van der Waals surface area contributed by atoms with Crippen LogP contribution >= 0.6 is 0 Å². The molecular formula is C59H102O5. The van der Waals surface area contributed by atoms with E-state index in [2.05, 4.69) is 106 Å². The van der Waals surface area contributed by atoms with Crippen LogP contribution in [0.15, 0.2) is 85.1 Å². The molecule has 5 heteroatoms. The van der Waals surface area contributed by atoms with Crippen molar-refractivity contribution in [3.63, 3.8) is 0 Å². The van der Waals surface area contributed by atoms with Crippen molar-refractivity contribution in [2.75, 3.05) is 19.8 Å². The van der Waals surface area contributed by atoms with Crippen LogP contribution in [0.1, 0.15) is 252 Å². The predicted molar refractivity (Wildman–Crippen MR) is 279 cm³/mol. The van der Waals surface area contributed by atoms with Gasteiger partial charge in [0, 0.05) is 19.4 Å². The Morgan fingerprint density at radius 3 is 1.17 bits per heavy atom. The van der Waals surface area contributed by atoms with Crippen molar-refractivity contribution in [2.24, 2.45) is 0 Å². The Morgan fingerprint density at radius 2 is 0.703 bits per heavy atom. The fraction of sp³-hybridized carbons (Fsp3) is 0.729. The highest BCUT2D eigenvalue weighted by Crippen LogP contribution is 2.13. The van der Waals surface area contributed by atoms with Gasteiger partial charge in [-0.2, -0.15) is 0 Å². The summed E-state index contributed by atoms with van der Waals surface area (Å²) in [4.78, 5) is 25.4. The van der Waals surface area contributed by atoms with E-state index in [1.165, 1.54) is 122 Å². The quantitative estimate of drug-likeness (QED) is 0.0346. The topological polar surface area (TPSA) is 61.8 Å². The smallest absolute Gasteiger partial charge is 0.306 e. The third-order valence-electron chi connectivity index (χ3n) is 11.4. The number of allylic oxidation sites excluding steroid dienone is 14. The van der Waals surface area contributed by atoms with Gasteiger partial charge in [-0.05, 0) is 116 Å². The van der Waals surface area contributed by atoms with Gasteiger partial charge in [0.1, 0.15) is 6.61 Å². The Labute approximate surface area is 397 Å². The zero-order chi connectivity index (χ0) is 46.3. The zero-order valence-corrected chi connectivity index (χ0v) is 42.3. The third-order valence-corrected chi connectivity index (χ3v) is 11.4. The van der Waals surface area contributed by atoms with Gasteiger partial charge in [-0.15, -0.1) is 0 Å². The van der Waals surface area contributed by atoms with Crippen LogP contribution in [0.4, 0.5) is 0 Å². The number of ether oxygens (including phenoxy) is 3. The molecule has 0 aromatic rings. The molecule has 0 aliphatic heterocycles. The minimum absolute atomic E-state index is 0.0597. The first-order valence-corrected chi connectivity index (χ1v) is 27.1. The van der Waals surface area contributed by atoms with Crippen molar-refractivity contribution < 1.29 is 23.8 Å². The first-order chi connectivity index (χ1) is 31.6. The molecule has 0 N–H and O–H groups in total. The highest BCUT2D eigenvalue weighted by molar-refractivity contribution is 5.70. The Kier molecular flexibility index (Phi) is 51.9. The second-order valence-electron chi connectivity index (χ2n) is 17.7.